The molecule has 4 N–H and O–H groups in total. The molecule has 2 atom stereocenters. The standard InChI is InChI=1S/C20H29N3O2.ClH/c21-17-12-15-7-4-8-16(13-17)20(15)23-18(24)9-10-22-19(25)11-14-5-2-1-3-6-14;/h1-3,5-6,15-17,20H,4,7-13,21H2,(H,22,25)(H,23,24);1H. The van der Waals surface area contributed by atoms with Crippen LogP contribution in [0, 0.1) is 11.8 Å². The smallest absolute Gasteiger partial charge is 0.224 e. The SMILES string of the molecule is Cl.NC1CC2CCCC(C1)C2NC(=O)CCNC(=O)Cc1ccccc1. The molecular weight excluding hydrogens is 350 g/mol. The molecule has 2 amide bonds. The van der Waals surface area contributed by atoms with Crippen molar-refractivity contribution in [1.82, 2.24) is 10.6 Å². The molecule has 0 spiro atoms. The van der Waals surface area contributed by atoms with Crippen LogP contribution >= 0.6 is 12.4 Å². The largest absolute Gasteiger partial charge is 0.355 e. The first-order valence-electron chi connectivity index (χ1n) is 9.47. The number of rotatable bonds is 6. The number of carbonyl (C=O) groups is 2. The third-order valence-corrected chi connectivity index (χ3v) is 5.59. The second-order valence-corrected chi connectivity index (χ2v) is 7.54. The zero-order chi connectivity index (χ0) is 17.6. The van der Waals surface area contributed by atoms with Gasteiger partial charge in [-0.05, 0) is 43.1 Å². The van der Waals surface area contributed by atoms with Crippen LogP contribution in [0.3, 0.4) is 0 Å². The molecule has 0 aliphatic heterocycles. The molecule has 2 aliphatic rings. The molecule has 2 bridgehead atoms. The minimum atomic E-state index is -0.0421. The summed E-state index contributed by atoms with van der Waals surface area (Å²) >= 11 is 0. The zero-order valence-electron chi connectivity index (χ0n) is 15.2. The Hall–Kier alpha value is -1.59. The van der Waals surface area contributed by atoms with Gasteiger partial charge in [0, 0.05) is 25.0 Å². The van der Waals surface area contributed by atoms with Crippen molar-refractivity contribution in [1.29, 1.82) is 0 Å². The predicted octanol–water partition coefficient (Wildman–Crippen LogP) is 2.18. The van der Waals surface area contributed by atoms with Crippen molar-refractivity contribution in [3.63, 3.8) is 0 Å². The molecule has 0 radical (unpaired) electrons. The molecule has 0 heterocycles. The van der Waals surface area contributed by atoms with Gasteiger partial charge in [-0.3, -0.25) is 9.59 Å². The van der Waals surface area contributed by atoms with Crippen molar-refractivity contribution in [2.75, 3.05) is 6.54 Å². The molecule has 144 valence electrons. The summed E-state index contributed by atoms with van der Waals surface area (Å²) in [6.07, 6.45) is 6.33. The molecule has 26 heavy (non-hydrogen) atoms. The van der Waals surface area contributed by atoms with E-state index in [1.54, 1.807) is 0 Å². The van der Waals surface area contributed by atoms with E-state index in [9.17, 15) is 9.59 Å². The van der Waals surface area contributed by atoms with Gasteiger partial charge in [-0.25, -0.2) is 0 Å². The average Bonchev–Trinajstić information content (AvgIpc) is 2.56. The van der Waals surface area contributed by atoms with Crippen LogP contribution in [0.1, 0.15) is 44.1 Å². The predicted molar refractivity (Wildman–Crippen MR) is 105 cm³/mol. The third-order valence-electron chi connectivity index (χ3n) is 5.59. The Kier molecular flexibility index (Phi) is 7.91. The lowest BCUT2D eigenvalue weighted by atomic mass is 9.67. The van der Waals surface area contributed by atoms with Gasteiger partial charge in [0.1, 0.15) is 0 Å². The Morgan fingerprint density at radius 2 is 1.69 bits per heavy atom. The maximum absolute atomic E-state index is 12.3. The maximum Gasteiger partial charge on any atom is 0.224 e. The van der Waals surface area contributed by atoms with Gasteiger partial charge in [-0.1, -0.05) is 36.8 Å². The monoisotopic (exact) mass is 379 g/mol. The fourth-order valence-corrected chi connectivity index (χ4v) is 4.44. The van der Waals surface area contributed by atoms with Crippen LogP contribution in [-0.2, 0) is 16.0 Å². The van der Waals surface area contributed by atoms with Crippen molar-refractivity contribution in [2.24, 2.45) is 17.6 Å². The van der Waals surface area contributed by atoms with Crippen molar-refractivity contribution in [3.05, 3.63) is 35.9 Å². The molecule has 1 aromatic rings. The molecule has 0 aromatic heterocycles. The van der Waals surface area contributed by atoms with E-state index in [1.807, 2.05) is 30.3 Å². The first kappa shape index (κ1) is 20.7. The third kappa shape index (κ3) is 5.71. The van der Waals surface area contributed by atoms with Gasteiger partial charge < -0.3 is 16.4 Å². The van der Waals surface area contributed by atoms with E-state index in [1.165, 1.54) is 19.3 Å². The number of amides is 2. The molecule has 2 saturated carbocycles. The molecule has 2 fully saturated rings. The van der Waals surface area contributed by atoms with E-state index in [4.69, 9.17) is 5.73 Å². The lowest BCUT2D eigenvalue weighted by Gasteiger charge is -2.45. The van der Waals surface area contributed by atoms with E-state index in [0.29, 0.717) is 37.3 Å². The van der Waals surface area contributed by atoms with Crippen LogP contribution in [0.2, 0.25) is 0 Å². The van der Waals surface area contributed by atoms with Gasteiger partial charge in [0.15, 0.2) is 0 Å². The van der Waals surface area contributed by atoms with Crippen molar-refractivity contribution >= 4 is 24.2 Å². The Bertz CT molecular complexity index is 582. The van der Waals surface area contributed by atoms with Crippen LogP contribution in [0.4, 0.5) is 0 Å². The summed E-state index contributed by atoms with van der Waals surface area (Å²) < 4.78 is 0. The lowest BCUT2D eigenvalue weighted by Crippen LogP contribution is -2.54. The van der Waals surface area contributed by atoms with Gasteiger partial charge >= 0.3 is 0 Å². The normalized spacial score (nSPS) is 27.1. The first-order chi connectivity index (χ1) is 12.1. The van der Waals surface area contributed by atoms with Crippen LogP contribution < -0.4 is 16.4 Å². The van der Waals surface area contributed by atoms with E-state index in [0.717, 1.165) is 18.4 Å². The number of hydrogen-bond donors (Lipinski definition) is 3. The molecule has 0 saturated heterocycles. The Morgan fingerprint density at radius 1 is 1.04 bits per heavy atom. The van der Waals surface area contributed by atoms with Crippen LogP contribution in [0.15, 0.2) is 30.3 Å². The number of fused-ring (bicyclic) bond motifs is 2. The topological polar surface area (TPSA) is 84.2 Å². The first-order valence-corrected chi connectivity index (χ1v) is 9.47. The summed E-state index contributed by atoms with van der Waals surface area (Å²) in [4.78, 5) is 24.2. The number of halogens is 1. The van der Waals surface area contributed by atoms with Gasteiger partial charge in [-0.15, -0.1) is 12.4 Å². The Labute approximate surface area is 161 Å². The van der Waals surface area contributed by atoms with Crippen LogP contribution in [0.5, 0.6) is 0 Å². The molecular formula is C20H30ClN3O2. The number of nitrogens with two attached hydrogens (primary N) is 1. The average molecular weight is 380 g/mol. The zero-order valence-corrected chi connectivity index (χ0v) is 16.0. The lowest BCUT2D eigenvalue weighted by molar-refractivity contribution is -0.123. The second-order valence-electron chi connectivity index (χ2n) is 7.54. The Balaban J connectivity index is 0.00000243. The molecule has 1 aromatic carbocycles. The summed E-state index contributed by atoms with van der Waals surface area (Å²) in [5.74, 6) is 1.05. The number of nitrogens with one attached hydrogen (secondary N) is 2. The van der Waals surface area contributed by atoms with E-state index >= 15 is 0 Å². The molecule has 2 unspecified atom stereocenters. The second kappa shape index (κ2) is 9.93. The minimum Gasteiger partial charge on any atom is -0.355 e. The molecule has 6 heteroatoms. The fraction of sp³-hybridized carbons (Fsp3) is 0.600. The highest BCUT2D eigenvalue weighted by Crippen LogP contribution is 2.39. The molecule has 2 aliphatic carbocycles. The van der Waals surface area contributed by atoms with Crippen LogP contribution in [-0.4, -0.2) is 30.4 Å². The van der Waals surface area contributed by atoms with E-state index in [2.05, 4.69) is 10.6 Å². The van der Waals surface area contributed by atoms with Crippen molar-refractivity contribution in [2.45, 2.75) is 57.0 Å². The molecule has 5 nitrogen and oxygen atoms in total. The summed E-state index contributed by atoms with van der Waals surface area (Å²) in [5.41, 5.74) is 7.12. The number of carbonyl (C=O) groups excluding carboxylic acids is 2. The highest BCUT2D eigenvalue weighted by molar-refractivity contribution is 5.85. The van der Waals surface area contributed by atoms with Crippen LogP contribution in [0.25, 0.3) is 0 Å². The quantitative estimate of drug-likeness (QED) is 0.708. The van der Waals surface area contributed by atoms with E-state index < -0.39 is 0 Å². The fourth-order valence-electron chi connectivity index (χ4n) is 4.44. The Morgan fingerprint density at radius 3 is 2.35 bits per heavy atom. The van der Waals surface area contributed by atoms with Gasteiger partial charge in [0.05, 0.1) is 6.42 Å². The van der Waals surface area contributed by atoms with Gasteiger partial charge in [0.25, 0.3) is 0 Å². The molecule has 3 rings (SSSR count). The highest BCUT2D eigenvalue weighted by atomic mass is 35.5. The summed E-state index contributed by atoms with van der Waals surface area (Å²) in [5, 5.41) is 6.06. The highest BCUT2D eigenvalue weighted by Gasteiger charge is 2.39. The summed E-state index contributed by atoms with van der Waals surface area (Å²) in [6, 6.07) is 10.2. The van der Waals surface area contributed by atoms with Gasteiger partial charge in [0.2, 0.25) is 11.8 Å². The van der Waals surface area contributed by atoms with Crippen molar-refractivity contribution < 1.29 is 9.59 Å². The maximum atomic E-state index is 12.3. The van der Waals surface area contributed by atoms with Crippen molar-refractivity contribution in [3.8, 4) is 0 Å². The van der Waals surface area contributed by atoms with Gasteiger partial charge in [-0.2, -0.15) is 0 Å². The summed E-state index contributed by atoms with van der Waals surface area (Å²) in [7, 11) is 0. The number of benzene rings is 1. The minimum absolute atomic E-state index is 0. The van der Waals surface area contributed by atoms with E-state index in [-0.39, 0.29) is 30.3 Å². The number of hydrogen-bond acceptors (Lipinski definition) is 3. The summed E-state index contributed by atoms with van der Waals surface area (Å²) in [6.45, 7) is 0.388.